The van der Waals surface area contributed by atoms with E-state index in [9.17, 15) is 0 Å². The van der Waals surface area contributed by atoms with Crippen LogP contribution in [-0.4, -0.2) is 30.2 Å². The Bertz CT molecular complexity index is 331. The van der Waals surface area contributed by atoms with Gasteiger partial charge in [0.1, 0.15) is 17.3 Å². The zero-order valence-corrected chi connectivity index (χ0v) is 10.7. The molecule has 0 amide bonds. The smallest absolute Gasteiger partial charge is 0.134 e. The number of halogens is 1. The Morgan fingerprint density at radius 1 is 1.44 bits per heavy atom. The fraction of sp³-hybridized carbons (Fsp3) is 0.636. The monoisotopic (exact) mass is 243 g/mol. The summed E-state index contributed by atoms with van der Waals surface area (Å²) in [6, 6.07) is 1.72. The van der Waals surface area contributed by atoms with Crippen LogP contribution in [0, 0.1) is 5.41 Å². The highest BCUT2D eigenvalue weighted by Crippen LogP contribution is 2.21. The van der Waals surface area contributed by atoms with Crippen molar-refractivity contribution in [2.75, 3.05) is 25.6 Å². The summed E-state index contributed by atoms with van der Waals surface area (Å²) in [4.78, 5) is 7.91. The first-order chi connectivity index (χ1) is 7.53. The molecule has 5 heteroatoms. The SMILES string of the molecule is COCCC(C)(C)CNc1cc(Cl)ncn1. The minimum absolute atomic E-state index is 0.160. The van der Waals surface area contributed by atoms with Gasteiger partial charge in [0.05, 0.1) is 0 Å². The third kappa shape index (κ3) is 4.77. The highest BCUT2D eigenvalue weighted by atomic mass is 35.5. The van der Waals surface area contributed by atoms with E-state index in [1.54, 1.807) is 13.2 Å². The molecular weight excluding hydrogens is 226 g/mol. The van der Waals surface area contributed by atoms with E-state index in [2.05, 4.69) is 29.1 Å². The van der Waals surface area contributed by atoms with Crippen molar-refractivity contribution in [3.05, 3.63) is 17.5 Å². The average molecular weight is 244 g/mol. The Morgan fingerprint density at radius 3 is 2.81 bits per heavy atom. The standard InChI is InChI=1S/C11H18ClN3O/c1-11(2,4-5-16-3)7-13-10-6-9(12)14-8-15-10/h6,8H,4-5,7H2,1-3H3,(H,13,14,15). The minimum atomic E-state index is 0.160. The molecule has 0 aromatic carbocycles. The van der Waals surface area contributed by atoms with Crippen molar-refractivity contribution in [1.29, 1.82) is 0 Å². The van der Waals surface area contributed by atoms with Crippen LogP contribution < -0.4 is 5.32 Å². The maximum atomic E-state index is 5.77. The summed E-state index contributed by atoms with van der Waals surface area (Å²) in [6.45, 7) is 5.95. The molecule has 16 heavy (non-hydrogen) atoms. The molecule has 0 aliphatic heterocycles. The predicted octanol–water partition coefficient (Wildman–Crippen LogP) is 2.60. The second-order valence-electron chi connectivity index (χ2n) is 4.49. The number of aromatic nitrogens is 2. The number of rotatable bonds is 6. The number of methoxy groups -OCH3 is 1. The molecule has 1 rings (SSSR count). The summed E-state index contributed by atoms with van der Waals surface area (Å²) < 4.78 is 5.07. The molecule has 0 aliphatic carbocycles. The third-order valence-electron chi connectivity index (χ3n) is 2.36. The summed E-state index contributed by atoms with van der Waals surface area (Å²) in [5.74, 6) is 0.755. The molecule has 90 valence electrons. The number of ether oxygens (including phenoxy) is 1. The lowest BCUT2D eigenvalue weighted by atomic mass is 9.90. The zero-order chi connectivity index (χ0) is 12.0. The van der Waals surface area contributed by atoms with Crippen LogP contribution in [0.25, 0.3) is 0 Å². The van der Waals surface area contributed by atoms with E-state index >= 15 is 0 Å². The van der Waals surface area contributed by atoms with Gasteiger partial charge < -0.3 is 10.1 Å². The highest BCUT2D eigenvalue weighted by molar-refractivity contribution is 6.29. The lowest BCUT2D eigenvalue weighted by Crippen LogP contribution is -2.25. The Labute approximate surface area is 101 Å². The Hall–Kier alpha value is -0.870. The molecular formula is C11H18ClN3O. The molecule has 1 aromatic rings. The number of hydrogen-bond acceptors (Lipinski definition) is 4. The van der Waals surface area contributed by atoms with Gasteiger partial charge in [-0.1, -0.05) is 25.4 Å². The van der Waals surface area contributed by atoms with Gasteiger partial charge in [-0.3, -0.25) is 0 Å². The highest BCUT2D eigenvalue weighted by Gasteiger charge is 2.17. The molecule has 0 atom stereocenters. The van der Waals surface area contributed by atoms with E-state index < -0.39 is 0 Å². The van der Waals surface area contributed by atoms with Crippen LogP contribution in [0.5, 0.6) is 0 Å². The van der Waals surface area contributed by atoms with Gasteiger partial charge in [-0.25, -0.2) is 9.97 Å². The number of nitrogens with one attached hydrogen (secondary N) is 1. The first-order valence-electron chi connectivity index (χ1n) is 5.24. The van der Waals surface area contributed by atoms with Crippen LogP contribution in [-0.2, 0) is 4.74 Å². The predicted molar refractivity (Wildman–Crippen MR) is 65.8 cm³/mol. The Kier molecular flexibility index (Phi) is 4.96. The van der Waals surface area contributed by atoms with Crippen LogP contribution in [0.2, 0.25) is 5.15 Å². The number of nitrogens with zero attached hydrogens (tertiary/aromatic N) is 2. The van der Waals surface area contributed by atoms with E-state index in [0.717, 1.165) is 25.4 Å². The molecule has 4 nitrogen and oxygen atoms in total. The lowest BCUT2D eigenvalue weighted by molar-refractivity contribution is 0.157. The normalized spacial score (nSPS) is 11.5. The molecule has 0 saturated heterocycles. The van der Waals surface area contributed by atoms with E-state index in [4.69, 9.17) is 16.3 Å². The summed E-state index contributed by atoms with van der Waals surface area (Å²) in [7, 11) is 1.72. The van der Waals surface area contributed by atoms with Crippen molar-refractivity contribution in [2.45, 2.75) is 20.3 Å². The van der Waals surface area contributed by atoms with Crippen LogP contribution in [0.4, 0.5) is 5.82 Å². The number of hydrogen-bond donors (Lipinski definition) is 1. The second kappa shape index (κ2) is 6.01. The molecule has 0 spiro atoms. The molecule has 1 heterocycles. The van der Waals surface area contributed by atoms with Gasteiger partial charge in [0, 0.05) is 26.3 Å². The molecule has 0 saturated carbocycles. The Morgan fingerprint density at radius 2 is 2.19 bits per heavy atom. The van der Waals surface area contributed by atoms with Crippen LogP contribution >= 0.6 is 11.6 Å². The van der Waals surface area contributed by atoms with Gasteiger partial charge in [-0.15, -0.1) is 0 Å². The maximum Gasteiger partial charge on any atom is 0.134 e. The van der Waals surface area contributed by atoms with Crippen molar-refractivity contribution in [3.63, 3.8) is 0 Å². The van der Waals surface area contributed by atoms with Crippen molar-refractivity contribution >= 4 is 17.4 Å². The molecule has 1 N–H and O–H groups in total. The van der Waals surface area contributed by atoms with Gasteiger partial charge in [0.15, 0.2) is 0 Å². The fourth-order valence-corrected chi connectivity index (χ4v) is 1.37. The summed E-state index contributed by atoms with van der Waals surface area (Å²) >= 11 is 5.77. The van der Waals surface area contributed by atoms with Crippen LogP contribution in [0.1, 0.15) is 20.3 Å². The van der Waals surface area contributed by atoms with Crippen molar-refractivity contribution < 1.29 is 4.74 Å². The van der Waals surface area contributed by atoms with Gasteiger partial charge in [-0.2, -0.15) is 0 Å². The van der Waals surface area contributed by atoms with E-state index in [1.165, 1.54) is 6.33 Å². The fourth-order valence-electron chi connectivity index (χ4n) is 1.23. The molecule has 0 aliphatic rings. The number of anilines is 1. The van der Waals surface area contributed by atoms with E-state index in [0.29, 0.717) is 5.15 Å². The van der Waals surface area contributed by atoms with Gasteiger partial charge in [0.2, 0.25) is 0 Å². The summed E-state index contributed by atoms with van der Waals surface area (Å²) in [6.07, 6.45) is 2.45. The molecule has 0 bridgehead atoms. The van der Waals surface area contributed by atoms with Gasteiger partial charge >= 0.3 is 0 Å². The lowest BCUT2D eigenvalue weighted by Gasteiger charge is -2.24. The quantitative estimate of drug-likeness (QED) is 0.781. The molecule has 0 radical (unpaired) electrons. The van der Waals surface area contributed by atoms with E-state index in [1.807, 2.05) is 0 Å². The van der Waals surface area contributed by atoms with Crippen molar-refractivity contribution in [1.82, 2.24) is 9.97 Å². The van der Waals surface area contributed by atoms with Gasteiger partial charge in [-0.05, 0) is 11.8 Å². The van der Waals surface area contributed by atoms with Crippen molar-refractivity contribution in [2.24, 2.45) is 5.41 Å². The molecule has 0 fully saturated rings. The first kappa shape index (κ1) is 13.2. The zero-order valence-electron chi connectivity index (χ0n) is 9.96. The van der Waals surface area contributed by atoms with Crippen LogP contribution in [0.15, 0.2) is 12.4 Å². The average Bonchev–Trinajstić information content (AvgIpc) is 2.24. The topological polar surface area (TPSA) is 47.0 Å². The van der Waals surface area contributed by atoms with Crippen molar-refractivity contribution in [3.8, 4) is 0 Å². The summed E-state index contributed by atoms with van der Waals surface area (Å²) in [5, 5.41) is 3.69. The van der Waals surface area contributed by atoms with E-state index in [-0.39, 0.29) is 5.41 Å². The largest absolute Gasteiger partial charge is 0.385 e. The third-order valence-corrected chi connectivity index (χ3v) is 2.57. The maximum absolute atomic E-state index is 5.77. The Balaban J connectivity index is 2.44. The first-order valence-corrected chi connectivity index (χ1v) is 5.62. The summed E-state index contributed by atoms with van der Waals surface area (Å²) in [5.41, 5.74) is 0.160. The minimum Gasteiger partial charge on any atom is -0.385 e. The second-order valence-corrected chi connectivity index (χ2v) is 4.87. The molecule has 1 aromatic heterocycles. The van der Waals surface area contributed by atoms with Gasteiger partial charge in [0.25, 0.3) is 0 Å². The van der Waals surface area contributed by atoms with Crippen LogP contribution in [0.3, 0.4) is 0 Å². The molecule has 0 unspecified atom stereocenters.